The van der Waals surface area contributed by atoms with E-state index >= 15 is 0 Å². The topological polar surface area (TPSA) is 30.7 Å². The second kappa shape index (κ2) is 5.10. The minimum atomic E-state index is 0.898. The molecule has 0 aliphatic rings. The Labute approximate surface area is 111 Å². The summed E-state index contributed by atoms with van der Waals surface area (Å²) in [5.74, 6) is 0. The predicted molar refractivity (Wildman–Crippen MR) is 71.3 cm³/mol. The molecule has 84 valence electrons. The number of hydrogen-bond acceptors (Lipinski definition) is 2. The van der Waals surface area contributed by atoms with E-state index in [4.69, 9.17) is 0 Å². The summed E-state index contributed by atoms with van der Waals surface area (Å²) in [5, 5.41) is 9.12. The number of hydrogen-bond donors (Lipinski definition) is 0. The Bertz CT molecular complexity index is 494. The van der Waals surface area contributed by atoms with E-state index in [1.165, 1.54) is 5.56 Å². The average molecular weight is 345 g/mol. The molecule has 0 spiro atoms. The first-order valence-corrected chi connectivity index (χ1v) is 6.86. The molecule has 0 fully saturated rings. The third-order valence-corrected chi connectivity index (χ3v) is 3.58. The van der Waals surface area contributed by atoms with E-state index in [1.807, 2.05) is 18.3 Å². The van der Waals surface area contributed by atoms with Gasteiger partial charge in [0, 0.05) is 16.2 Å². The molecule has 0 aliphatic carbocycles. The van der Waals surface area contributed by atoms with Crippen LogP contribution in [0.1, 0.15) is 11.3 Å². The van der Waals surface area contributed by atoms with Crippen LogP contribution < -0.4 is 0 Å². The molecule has 1 aromatic carbocycles. The van der Waals surface area contributed by atoms with Crippen molar-refractivity contribution in [3.63, 3.8) is 0 Å². The van der Waals surface area contributed by atoms with Gasteiger partial charge in [-0.1, -0.05) is 37.1 Å². The number of nitrogens with zero attached hydrogens (tertiary/aromatic N) is 3. The fourth-order valence-corrected chi connectivity index (χ4v) is 2.06. The van der Waals surface area contributed by atoms with Gasteiger partial charge in [-0.15, -0.1) is 5.10 Å². The van der Waals surface area contributed by atoms with E-state index < -0.39 is 0 Å². The Morgan fingerprint density at radius 3 is 2.88 bits per heavy atom. The Hall–Kier alpha value is -0.680. The molecule has 0 bridgehead atoms. The average Bonchev–Trinajstić information content (AvgIpc) is 2.71. The molecular weight excluding hydrogens is 334 g/mol. The molecular formula is C11H11Br2N3. The summed E-state index contributed by atoms with van der Waals surface area (Å²) in [4.78, 5) is 0. The van der Waals surface area contributed by atoms with Crippen LogP contribution in [0.3, 0.4) is 0 Å². The van der Waals surface area contributed by atoms with Gasteiger partial charge >= 0.3 is 0 Å². The third-order valence-electron chi connectivity index (χ3n) is 2.30. The maximum Gasteiger partial charge on any atom is 0.0840 e. The van der Waals surface area contributed by atoms with E-state index in [2.05, 4.69) is 55.2 Å². The zero-order chi connectivity index (χ0) is 11.5. The Morgan fingerprint density at radius 2 is 2.19 bits per heavy atom. The molecule has 0 saturated heterocycles. The fourth-order valence-electron chi connectivity index (χ4n) is 1.41. The van der Waals surface area contributed by atoms with Crippen LogP contribution in [-0.2, 0) is 6.42 Å². The minimum absolute atomic E-state index is 0.898. The van der Waals surface area contributed by atoms with E-state index in [-0.39, 0.29) is 0 Å². The van der Waals surface area contributed by atoms with Gasteiger partial charge in [0.05, 0.1) is 17.6 Å². The highest BCUT2D eigenvalue weighted by Crippen LogP contribution is 2.19. The first-order chi connectivity index (χ1) is 7.70. The Balaban J connectivity index is 2.31. The maximum atomic E-state index is 4.11. The van der Waals surface area contributed by atoms with Crippen LogP contribution in [0.25, 0.3) is 5.69 Å². The summed E-state index contributed by atoms with van der Waals surface area (Å²) in [6.07, 6.45) is 2.86. The molecule has 0 amide bonds. The number of rotatable bonds is 3. The molecule has 1 heterocycles. The Morgan fingerprint density at radius 1 is 1.38 bits per heavy atom. The largest absolute Gasteiger partial charge is 0.220 e. The smallest absolute Gasteiger partial charge is 0.0840 e. The number of alkyl halides is 1. The van der Waals surface area contributed by atoms with Crippen molar-refractivity contribution in [1.29, 1.82) is 0 Å². The van der Waals surface area contributed by atoms with Gasteiger partial charge in [0.25, 0.3) is 0 Å². The molecule has 0 aliphatic heterocycles. The number of aryl methyl sites for hydroxylation is 2. The molecule has 2 aromatic rings. The van der Waals surface area contributed by atoms with Gasteiger partial charge in [0.15, 0.2) is 0 Å². The molecule has 1 aromatic heterocycles. The summed E-state index contributed by atoms with van der Waals surface area (Å²) in [6, 6.07) is 6.12. The van der Waals surface area contributed by atoms with Crippen LogP contribution in [0.4, 0.5) is 0 Å². The van der Waals surface area contributed by atoms with Gasteiger partial charge in [-0.25, -0.2) is 4.68 Å². The lowest BCUT2D eigenvalue weighted by Crippen LogP contribution is -1.95. The Kier molecular flexibility index (Phi) is 3.76. The monoisotopic (exact) mass is 343 g/mol. The molecule has 0 unspecified atom stereocenters. The molecule has 5 heteroatoms. The van der Waals surface area contributed by atoms with Gasteiger partial charge in [-0.2, -0.15) is 0 Å². The maximum absolute atomic E-state index is 4.11. The summed E-state index contributed by atoms with van der Waals surface area (Å²) >= 11 is 6.87. The van der Waals surface area contributed by atoms with Crippen molar-refractivity contribution in [3.8, 4) is 5.69 Å². The standard InChI is InChI=1S/C11H11Br2N3/c1-8-6-10(2-3-11(8)13)16-7-9(4-5-12)14-15-16/h2-3,6-7H,4-5H2,1H3. The highest BCUT2D eigenvalue weighted by atomic mass is 79.9. The highest BCUT2D eigenvalue weighted by Gasteiger charge is 2.03. The van der Waals surface area contributed by atoms with Crippen LogP contribution in [-0.4, -0.2) is 20.3 Å². The third kappa shape index (κ3) is 2.52. The van der Waals surface area contributed by atoms with E-state index in [0.717, 1.165) is 27.6 Å². The summed E-state index contributed by atoms with van der Waals surface area (Å²) in [7, 11) is 0. The van der Waals surface area contributed by atoms with Crippen LogP contribution in [0.2, 0.25) is 0 Å². The van der Waals surface area contributed by atoms with Gasteiger partial charge in [0.2, 0.25) is 0 Å². The van der Waals surface area contributed by atoms with Gasteiger partial charge in [0.1, 0.15) is 0 Å². The highest BCUT2D eigenvalue weighted by molar-refractivity contribution is 9.10. The van der Waals surface area contributed by atoms with Crippen LogP contribution >= 0.6 is 31.9 Å². The molecule has 16 heavy (non-hydrogen) atoms. The predicted octanol–water partition coefficient (Wildman–Crippen LogP) is 3.28. The molecule has 0 N–H and O–H groups in total. The number of benzene rings is 1. The zero-order valence-electron chi connectivity index (χ0n) is 8.82. The van der Waals surface area contributed by atoms with Crippen LogP contribution in [0, 0.1) is 6.92 Å². The summed E-state index contributed by atoms with van der Waals surface area (Å²) in [5.41, 5.74) is 3.22. The van der Waals surface area contributed by atoms with Gasteiger partial charge in [-0.3, -0.25) is 0 Å². The van der Waals surface area contributed by atoms with Gasteiger partial charge in [-0.05, 0) is 30.7 Å². The second-order valence-electron chi connectivity index (χ2n) is 3.53. The lowest BCUT2D eigenvalue weighted by molar-refractivity contribution is 0.797. The first kappa shape index (κ1) is 11.8. The molecule has 0 atom stereocenters. The molecule has 3 nitrogen and oxygen atoms in total. The van der Waals surface area contributed by atoms with Crippen molar-refractivity contribution in [3.05, 3.63) is 40.1 Å². The van der Waals surface area contributed by atoms with Crippen molar-refractivity contribution in [1.82, 2.24) is 15.0 Å². The second-order valence-corrected chi connectivity index (χ2v) is 5.17. The van der Waals surface area contributed by atoms with E-state index in [0.29, 0.717) is 0 Å². The van der Waals surface area contributed by atoms with Crippen molar-refractivity contribution < 1.29 is 0 Å². The molecule has 0 saturated carbocycles. The number of aromatic nitrogens is 3. The quantitative estimate of drug-likeness (QED) is 0.800. The van der Waals surface area contributed by atoms with Crippen molar-refractivity contribution in [2.45, 2.75) is 13.3 Å². The van der Waals surface area contributed by atoms with Crippen molar-refractivity contribution in [2.24, 2.45) is 0 Å². The fraction of sp³-hybridized carbons (Fsp3) is 0.273. The zero-order valence-corrected chi connectivity index (χ0v) is 12.0. The number of halogens is 2. The van der Waals surface area contributed by atoms with Crippen LogP contribution in [0.5, 0.6) is 0 Å². The normalized spacial score (nSPS) is 10.7. The van der Waals surface area contributed by atoms with Crippen molar-refractivity contribution >= 4 is 31.9 Å². The summed E-state index contributed by atoms with van der Waals surface area (Å²) < 4.78 is 2.91. The van der Waals surface area contributed by atoms with Crippen LogP contribution in [0.15, 0.2) is 28.9 Å². The van der Waals surface area contributed by atoms with Crippen molar-refractivity contribution in [2.75, 3.05) is 5.33 Å². The van der Waals surface area contributed by atoms with E-state index in [1.54, 1.807) is 4.68 Å². The lowest BCUT2D eigenvalue weighted by atomic mass is 10.2. The molecule has 2 rings (SSSR count). The lowest BCUT2D eigenvalue weighted by Gasteiger charge is -2.02. The summed E-state index contributed by atoms with van der Waals surface area (Å²) in [6.45, 7) is 2.06. The van der Waals surface area contributed by atoms with E-state index in [9.17, 15) is 0 Å². The molecule has 0 radical (unpaired) electrons. The SMILES string of the molecule is Cc1cc(-n2cc(CCBr)nn2)ccc1Br. The minimum Gasteiger partial charge on any atom is -0.220 e. The van der Waals surface area contributed by atoms with Gasteiger partial charge < -0.3 is 0 Å². The first-order valence-electron chi connectivity index (χ1n) is 4.94.